The number of hydrogen-bond donors (Lipinski definition) is 4. The predicted octanol–water partition coefficient (Wildman–Crippen LogP) is 1.88. The summed E-state index contributed by atoms with van der Waals surface area (Å²) in [5.41, 5.74) is 17.0. The Hall–Kier alpha value is -4.66. The minimum absolute atomic E-state index is 0.226. The second-order valence-corrected chi connectivity index (χ2v) is 12.2. The van der Waals surface area contributed by atoms with E-state index >= 15 is 0 Å². The molecule has 250 valence electrons. The van der Waals surface area contributed by atoms with Crippen molar-refractivity contribution in [2.45, 2.75) is 39.3 Å². The molecule has 0 bridgehead atoms. The number of unbranched alkanes of at least 4 members (excludes halogenated alkanes) is 2. The number of ether oxygens (including phenoxy) is 1. The zero-order chi connectivity index (χ0) is 32.8. The summed E-state index contributed by atoms with van der Waals surface area (Å²) in [6.07, 6.45) is 9.96. The van der Waals surface area contributed by atoms with Gasteiger partial charge in [-0.25, -0.2) is 4.98 Å². The lowest BCUT2D eigenvalue weighted by Crippen LogP contribution is -2.49. The molecule has 6 rings (SSSR count). The Balaban J connectivity index is 0.996. The quantitative estimate of drug-likeness (QED) is 0.142. The number of nitrogen functional groups attached to an aromatic ring is 1. The number of nitrogens with one attached hydrogen (secondary N) is 3. The topological polar surface area (TPSA) is 149 Å². The SMILES string of the molecule is CCCCCNc1nc(N)nc2ccn(Cc3ccc(CN4CCN(CCN5C=C(CN6C(=O)C=CC6=O)NN5)CC4)cc3OC)c12. The molecule has 5 heterocycles. The molecule has 1 saturated heterocycles. The first-order valence-electron chi connectivity index (χ1n) is 16.4. The van der Waals surface area contributed by atoms with Crippen molar-refractivity contribution >= 4 is 34.6 Å². The Bertz CT molecular complexity index is 1630. The van der Waals surface area contributed by atoms with Crippen molar-refractivity contribution < 1.29 is 14.3 Å². The van der Waals surface area contributed by atoms with Gasteiger partial charge < -0.3 is 25.8 Å². The van der Waals surface area contributed by atoms with Crippen LogP contribution in [0.3, 0.4) is 0 Å². The van der Waals surface area contributed by atoms with Crippen LogP contribution in [0.2, 0.25) is 0 Å². The van der Waals surface area contributed by atoms with Crippen LogP contribution < -0.4 is 26.7 Å². The van der Waals surface area contributed by atoms with E-state index in [1.54, 1.807) is 7.11 Å². The number of benzene rings is 1. The van der Waals surface area contributed by atoms with Crippen LogP contribution in [0.25, 0.3) is 11.0 Å². The first kappa shape index (κ1) is 32.3. The Morgan fingerprint density at radius 1 is 0.957 bits per heavy atom. The second-order valence-electron chi connectivity index (χ2n) is 12.2. The minimum atomic E-state index is -0.282. The Morgan fingerprint density at radius 3 is 2.51 bits per heavy atom. The van der Waals surface area contributed by atoms with Crippen LogP contribution in [0.15, 0.2) is 54.5 Å². The third kappa shape index (κ3) is 7.84. The monoisotopic (exact) mass is 643 g/mol. The average molecular weight is 644 g/mol. The summed E-state index contributed by atoms with van der Waals surface area (Å²) in [7, 11) is 1.73. The van der Waals surface area contributed by atoms with E-state index < -0.39 is 0 Å². The number of nitrogens with two attached hydrogens (primary N) is 1. The first-order valence-corrected chi connectivity index (χ1v) is 16.4. The van der Waals surface area contributed by atoms with Crippen LogP contribution in [0.1, 0.15) is 37.3 Å². The van der Waals surface area contributed by atoms with Crippen LogP contribution in [0.5, 0.6) is 5.75 Å². The number of methoxy groups -OCH3 is 1. The van der Waals surface area contributed by atoms with Gasteiger partial charge in [0.15, 0.2) is 5.82 Å². The number of anilines is 2. The summed E-state index contributed by atoms with van der Waals surface area (Å²) in [6.45, 7) is 10.4. The predicted molar refractivity (Wildman–Crippen MR) is 181 cm³/mol. The molecule has 1 fully saturated rings. The van der Waals surface area contributed by atoms with Gasteiger partial charge in [-0.15, -0.1) is 5.53 Å². The maximum atomic E-state index is 11.8. The third-order valence-electron chi connectivity index (χ3n) is 8.82. The molecule has 3 aliphatic heterocycles. The molecule has 2 amide bonds. The van der Waals surface area contributed by atoms with Gasteiger partial charge >= 0.3 is 0 Å². The Labute approximate surface area is 275 Å². The molecule has 47 heavy (non-hydrogen) atoms. The average Bonchev–Trinajstić information content (AvgIpc) is 3.79. The largest absolute Gasteiger partial charge is 0.496 e. The zero-order valence-corrected chi connectivity index (χ0v) is 27.2. The zero-order valence-electron chi connectivity index (χ0n) is 27.2. The number of hydrogen-bond acceptors (Lipinski definition) is 12. The van der Waals surface area contributed by atoms with Crippen LogP contribution in [0.4, 0.5) is 11.8 Å². The van der Waals surface area contributed by atoms with Gasteiger partial charge in [-0.05, 0) is 24.1 Å². The van der Waals surface area contributed by atoms with E-state index in [0.29, 0.717) is 6.54 Å². The molecule has 3 aromatic rings. The molecular formula is C33H45N11O3. The van der Waals surface area contributed by atoms with E-state index in [-0.39, 0.29) is 24.3 Å². The number of carbonyl (C=O) groups is 2. The van der Waals surface area contributed by atoms with Crippen LogP contribution in [-0.4, -0.2) is 106 Å². The van der Waals surface area contributed by atoms with Crippen LogP contribution in [0, 0.1) is 0 Å². The number of piperazine rings is 1. The number of nitrogens with zero attached hydrogens (tertiary/aromatic N) is 7. The lowest BCUT2D eigenvalue weighted by Gasteiger charge is -2.35. The molecule has 1 aromatic carbocycles. The summed E-state index contributed by atoms with van der Waals surface area (Å²) < 4.78 is 8.02. The fraction of sp³-hybridized carbons (Fsp3) is 0.455. The molecule has 3 aliphatic rings. The number of rotatable bonds is 15. The highest BCUT2D eigenvalue weighted by atomic mass is 16.5. The third-order valence-corrected chi connectivity index (χ3v) is 8.82. The standard InChI is InChI=1S/C33H45N11O3/c1-3-4-5-11-35-32-31-27(36-33(34)37-32)10-12-42(31)21-25-7-6-24(19-28(25)47-2)20-41-15-13-40(14-16-41)17-18-43-22-26(38-39-43)23-44-29(45)8-9-30(44)46/h6-10,12,19,22,38-39H,3-5,11,13-18,20-21,23H2,1-2H3,(H3,34,35,36,37). The highest BCUT2D eigenvalue weighted by molar-refractivity contribution is 6.13. The summed E-state index contributed by atoms with van der Waals surface area (Å²) in [5, 5.41) is 5.43. The van der Waals surface area contributed by atoms with Crippen molar-refractivity contribution in [2.75, 3.05) is 70.5 Å². The van der Waals surface area contributed by atoms with E-state index in [4.69, 9.17) is 10.5 Å². The highest BCUT2D eigenvalue weighted by Gasteiger charge is 2.26. The Kier molecular flexibility index (Phi) is 10.2. The van der Waals surface area contributed by atoms with E-state index in [1.807, 2.05) is 23.5 Å². The summed E-state index contributed by atoms with van der Waals surface area (Å²) >= 11 is 0. The number of fused-ring (bicyclic) bond motifs is 1. The van der Waals surface area contributed by atoms with Gasteiger partial charge in [0.05, 0.1) is 31.4 Å². The minimum Gasteiger partial charge on any atom is -0.496 e. The normalized spacial score (nSPS) is 17.2. The molecule has 0 atom stereocenters. The van der Waals surface area contributed by atoms with Crippen molar-refractivity contribution in [3.8, 4) is 5.75 Å². The van der Waals surface area contributed by atoms with Crippen molar-refractivity contribution in [1.82, 2.24) is 45.2 Å². The molecule has 2 aromatic heterocycles. The van der Waals surface area contributed by atoms with Gasteiger partial charge in [0, 0.05) is 82.5 Å². The van der Waals surface area contributed by atoms with E-state index in [9.17, 15) is 9.59 Å². The molecule has 0 radical (unpaired) electrons. The molecular weight excluding hydrogens is 598 g/mol. The van der Waals surface area contributed by atoms with Crippen LogP contribution >= 0.6 is 0 Å². The number of hydrazine groups is 2. The summed E-state index contributed by atoms with van der Waals surface area (Å²) in [4.78, 5) is 38.8. The number of amides is 2. The van der Waals surface area contributed by atoms with Gasteiger partial charge in [-0.3, -0.25) is 29.3 Å². The van der Waals surface area contributed by atoms with E-state index in [0.717, 1.165) is 99.1 Å². The Morgan fingerprint density at radius 2 is 1.74 bits per heavy atom. The van der Waals surface area contributed by atoms with Gasteiger partial charge in [-0.2, -0.15) is 4.98 Å². The molecule has 14 nitrogen and oxygen atoms in total. The van der Waals surface area contributed by atoms with Crippen molar-refractivity contribution in [3.63, 3.8) is 0 Å². The molecule has 0 saturated carbocycles. The van der Waals surface area contributed by atoms with Crippen molar-refractivity contribution in [2.24, 2.45) is 0 Å². The summed E-state index contributed by atoms with van der Waals surface area (Å²) in [5.74, 6) is 1.34. The smallest absolute Gasteiger partial charge is 0.253 e. The summed E-state index contributed by atoms with van der Waals surface area (Å²) in [6, 6.07) is 8.50. The lowest BCUT2D eigenvalue weighted by molar-refractivity contribution is -0.136. The van der Waals surface area contributed by atoms with Gasteiger partial charge in [0.1, 0.15) is 11.3 Å². The van der Waals surface area contributed by atoms with E-state index in [2.05, 4.69) is 65.7 Å². The second kappa shape index (κ2) is 14.8. The molecule has 14 heteroatoms. The maximum Gasteiger partial charge on any atom is 0.253 e. The highest BCUT2D eigenvalue weighted by Crippen LogP contribution is 2.27. The fourth-order valence-corrected chi connectivity index (χ4v) is 6.20. The van der Waals surface area contributed by atoms with Gasteiger partial charge in [-0.1, -0.05) is 31.9 Å². The molecule has 0 unspecified atom stereocenters. The lowest BCUT2D eigenvalue weighted by atomic mass is 10.1. The van der Waals surface area contributed by atoms with Gasteiger partial charge in [0.2, 0.25) is 5.95 Å². The van der Waals surface area contributed by atoms with Gasteiger partial charge in [0.25, 0.3) is 11.8 Å². The van der Waals surface area contributed by atoms with E-state index in [1.165, 1.54) is 29.0 Å². The number of carbonyl (C=O) groups excluding carboxylic acids is 2. The fourth-order valence-electron chi connectivity index (χ4n) is 6.20. The number of aromatic nitrogens is 3. The number of imide groups is 1. The molecule has 5 N–H and O–H groups in total. The first-order chi connectivity index (χ1) is 22.9. The maximum absolute atomic E-state index is 11.8. The van der Waals surface area contributed by atoms with Crippen molar-refractivity contribution in [1.29, 1.82) is 0 Å². The van der Waals surface area contributed by atoms with Crippen molar-refractivity contribution in [3.05, 3.63) is 65.6 Å². The molecule has 0 spiro atoms. The molecule has 0 aliphatic carbocycles. The van der Waals surface area contributed by atoms with Crippen LogP contribution in [-0.2, 0) is 22.7 Å².